The first kappa shape index (κ1) is 12.3. The Morgan fingerprint density at radius 3 is 3.06 bits per heavy atom. The van der Waals surface area contributed by atoms with Crippen molar-refractivity contribution in [3.05, 3.63) is 31.0 Å². The molecule has 2 rings (SSSR count). The fraction of sp³-hybridized carbons (Fsp3) is 0.250. The molecule has 0 aromatic carbocycles. The van der Waals surface area contributed by atoms with E-state index in [1.54, 1.807) is 18.3 Å². The molecule has 0 bridgehead atoms. The normalized spacial score (nSPS) is 12.3. The zero-order chi connectivity index (χ0) is 13.0. The second-order valence-corrected chi connectivity index (χ2v) is 3.85. The summed E-state index contributed by atoms with van der Waals surface area (Å²) in [7, 11) is 0. The van der Waals surface area contributed by atoms with E-state index in [4.69, 9.17) is 5.73 Å². The highest BCUT2D eigenvalue weighted by Gasteiger charge is 2.11. The van der Waals surface area contributed by atoms with Crippen LogP contribution in [0.25, 0.3) is 11.0 Å². The highest BCUT2D eigenvalue weighted by Crippen LogP contribution is 2.19. The van der Waals surface area contributed by atoms with E-state index in [1.165, 1.54) is 0 Å². The predicted molar refractivity (Wildman–Crippen MR) is 71.1 cm³/mol. The number of nitrogens with zero attached hydrogens (tertiary/aromatic N) is 3. The summed E-state index contributed by atoms with van der Waals surface area (Å²) in [5.41, 5.74) is 6.95. The van der Waals surface area contributed by atoms with Crippen molar-refractivity contribution in [2.45, 2.75) is 12.5 Å². The summed E-state index contributed by atoms with van der Waals surface area (Å²) in [5.74, 6) is 0.701. The van der Waals surface area contributed by atoms with Crippen LogP contribution in [-0.2, 0) is 0 Å². The molecule has 6 nitrogen and oxygen atoms in total. The minimum absolute atomic E-state index is 0.0236. The molecular formula is C12H15N5O. The summed E-state index contributed by atoms with van der Waals surface area (Å²) in [6.07, 6.45) is 4.01. The zero-order valence-electron chi connectivity index (χ0n) is 9.87. The van der Waals surface area contributed by atoms with Gasteiger partial charge in [-0.3, -0.25) is 4.98 Å². The van der Waals surface area contributed by atoms with E-state index in [2.05, 4.69) is 26.8 Å². The van der Waals surface area contributed by atoms with Gasteiger partial charge >= 0.3 is 0 Å². The quantitative estimate of drug-likeness (QED) is 0.679. The van der Waals surface area contributed by atoms with Crippen molar-refractivity contribution in [3.8, 4) is 0 Å². The Morgan fingerprint density at radius 1 is 1.50 bits per heavy atom. The third-order valence-electron chi connectivity index (χ3n) is 2.48. The van der Waals surface area contributed by atoms with Crippen molar-refractivity contribution in [1.82, 2.24) is 15.0 Å². The van der Waals surface area contributed by atoms with Gasteiger partial charge in [-0.1, -0.05) is 6.08 Å². The van der Waals surface area contributed by atoms with Crippen molar-refractivity contribution < 1.29 is 5.11 Å². The molecule has 2 heterocycles. The molecule has 0 amide bonds. The van der Waals surface area contributed by atoms with Crippen LogP contribution in [0, 0.1) is 0 Å². The Balaban J connectivity index is 2.39. The number of aliphatic hydroxyl groups excluding tert-OH is 1. The molecule has 0 aliphatic heterocycles. The molecule has 6 heteroatoms. The number of pyridine rings is 1. The van der Waals surface area contributed by atoms with Crippen LogP contribution < -0.4 is 11.1 Å². The molecule has 0 aliphatic carbocycles. The summed E-state index contributed by atoms with van der Waals surface area (Å²) in [4.78, 5) is 12.4. The van der Waals surface area contributed by atoms with Gasteiger partial charge in [-0.05, 0) is 18.6 Å². The van der Waals surface area contributed by atoms with Gasteiger partial charge in [0.2, 0.25) is 5.95 Å². The van der Waals surface area contributed by atoms with Gasteiger partial charge < -0.3 is 16.2 Å². The molecular weight excluding hydrogens is 230 g/mol. The van der Waals surface area contributed by atoms with Gasteiger partial charge in [-0.25, -0.2) is 4.98 Å². The minimum Gasteiger partial charge on any atom is -0.394 e. The smallest absolute Gasteiger partial charge is 0.222 e. The lowest BCUT2D eigenvalue weighted by molar-refractivity contribution is 0.275. The maximum absolute atomic E-state index is 9.25. The van der Waals surface area contributed by atoms with E-state index in [1.807, 2.05) is 6.07 Å². The molecule has 0 aliphatic rings. The van der Waals surface area contributed by atoms with E-state index in [0.29, 0.717) is 23.3 Å². The van der Waals surface area contributed by atoms with Gasteiger partial charge in [0, 0.05) is 6.20 Å². The Labute approximate surface area is 105 Å². The molecule has 2 aromatic heterocycles. The zero-order valence-corrected chi connectivity index (χ0v) is 9.87. The molecule has 1 atom stereocenters. The number of nitrogens with two attached hydrogens (primary N) is 1. The number of nitrogens with one attached hydrogen (secondary N) is 1. The largest absolute Gasteiger partial charge is 0.394 e. The fourth-order valence-corrected chi connectivity index (χ4v) is 1.66. The lowest BCUT2D eigenvalue weighted by Crippen LogP contribution is -2.24. The first-order valence-corrected chi connectivity index (χ1v) is 5.61. The Kier molecular flexibility index (Phi) is 3.69. The molecule has 18 heavy (non-hydrogen) atoms. The SMILES string of the molecule is C=CC[C@H](CO)Nc1nc(N)nc2cccnc12. The number of nitrogen functional groups attached to an aromatic ring is 1. The van der Waals surface area contributed by atoms with Gasteiger partial charge in [-0.15, -0.1) is 6.58 Å². The van der Waals surface area contributed by atoms with Crippen LogP contribution in [0.5, 0.6) is 0 Å². The van der Waals surface area contributed by atoms with Gasteiger partial charge in [-0.2, -0.15) is 4.98 Å². The number of hydrogen-bond acceptors (Lipinski definition) is 6. The van der Waals surface area contributed by atoms with Crippen LogP contribution in [0.4, 0.5) is 11.8 Å². The molecule has 2 aromatic rings. The predicted octanol–water partition coefficient (Wildman–Crippen LogP) is 0.956. The van der Waals surface area contributed by atoms with E-state index >= 15 is 0 Å². The molecule has 94 valence electrons. The first-order chi connectivity index (χ1) is 8.74. The average molecular weight is 245 g/mol. The highest BCUT2D eigenvalue weighted by molar-refractivity contribution is 5.85. The van der Waals surface area contributed by atoms with Crippen molar-refractivity contribution in [3.63, 3.8) is 0 Å². The van der Waals surface area contributed by atoms with Gasteiger partial charge in [0.05, 0.1) is 18.2 Å². The van der Waals surface area contributed by atoms with Crippen molar-refractivity contribution in [1.29, 1.82) is 0 Å². The highest BCUT2D eigenvalue weighted by atomic mass is 16.3. The lowest BCUT2D eigenvalue weighted by Gasteiger charge is -2.16. The molecule has 0 saturated heterocycles. The summed E-state index contributed by atoms with van der Waals surface area (Å²) >= 11 is 0. The number of rotatable bonds is 5. The number of hydrogen-bond donors (Lipinski definition) is 3. The topological polar surface area (TPSA) is 97.0 Å². The molecule has 4 N–H and O–H groups in total. The van der Waals surface area contributed by atoms with Crippen LogP contribution in [-0.4, -0.2) is 32.7 Å². The lowest BCUT2D eigenvalue weighted by atomic mass is 10.2. The number of fused-ring (bicyclic) bond motifs is 1. The van der Waals surface area contributed by atoms with Crippen LogP contribution in [0.15, 0.2) is 31.0 Å². The van der Waals surface area contributed by atoms with Crippen LogP contribution in [0.3, 0.4) is 0 Å². The van der Waals surface area contributed by atoms with Crippen molar-refractivity contribution in [2.75, 3.05) is 17.7 Å². The Hall–Kier alpha value is -2.21. The molecule has 0 fully saturated rings. The summed E-state index contributed by atoms with van der Waals surface area (Å²) in [6, 6.07) is 3.43. The van der Waals surface area contributed by atoms with E-state index in [9.17, 15) is 5.11 Å². The maximum atomic E-state index is 9.25. The number of aliphatic hydroxyl groups is 1. The summed E-state index contributed by atoms with van der Waals surface area (Å²) in [5, 5.41) is 12.4. The third-order valence-corrected chi connectivity index (χ3v) is 2.48. The summed E-state index contributed by atoms with van der Waals surface area (Å²) < 4.78 is 0. The Bertz CT molecular complexity index is 557. The third kappa shape index (κ3) is 2.54. The van der Waals surface area contributed by atoms with Gasteiger partial charge in [0.25, 0.3) is 0 Å². The molecule has 0 saturated carbocycles. The first-order valence-electron chi connectivity index (χ1n) is 5.61. The van der Waals surface area contributed by atoms with E-state index in [0.717, 1.165) is 0 Å². The van der Waals surface area contributed by atoms with Crippen molar-refractivity contribution >= 4 is 22.8 Å². The summed E-state index contributed by atoms with van der Waals surface area (Å²) in [6.45, 7) is 3.62. The maximum Gasteiger partial charge on any atom is 0.222 e. The standard InChI is InChI=1S/C12H15N5O/c1-2-4-8(7-18)15-11-10-9(5-3-6-14-10)16-12(13)17-11/h2-3,5-6,8,18H,1,4,7H2,(H3,13,15,16,17)/t8-/m1/s1. The van der Waals surface area contributed by atoms with Gasteiger partial charge in [0.15, 0.2) is 5.82 Å². The second-order valence-electron chi connectivity index (χ2n) is 3.85. The number of aromatic nitrogens is 3. The molecule has 0 unspecified atom stereocenters. The van der Waals surface area contributed by atoms with Crippen molar-refractivity contribution in [2.24, 2.45) is 0 Å². The average Bonchev–Trinajstić information content (AvgIpc) is 2.38. The second kappa shape index (κ2) is 5.42. The van der Waals surface area contributed by atoms with Crippen LogP contribution in [0.1, 0.15) is 6.42 Å². The van der Waals surface area contributed by atoms with Gasteiger partial charge in [0.1, 0.15) is 5.52 Å². The molecule has 0 spiro atoms. The van der Waals surface area contributed by atoms with Crippen LogP contribution in [0.2, 0.25) is 0 Å². The monoisotopic (exact) mass is 245 g/mol. The van der Waals surface area contributed by atoms with E-state index < -0.39 is 0 Å². The molecule has 0 radical (unpaired) electrons. The Morgan fingerprint density at radius 2 is 2.33 bits per heavy atom. The number of anilines is 2. The van der Waals surface area contributed by atoms with Crippen LogP contribution >= 0.6 is 0 Å². The fourth-order valence-electron chi connectivity index (χ4n) is 1.66. The van der Waals surface area contributed by atoms with E-state index in [-0.39, 0.29) is 18.6 Å². The minimum atomic E-state index is -0.165.